The van der Waals surface area contributed by atoms with Gasteiger partial charge in [0.05, 0.1) is 17.8 Å². The smallest absolute Gasteiger partial charge is 0.323 e. The van der Waals surface area contributed by atoms with Crippen LogP contribution in [0.4, 0.5) is 25.1 Å². The van der Waals surface area contributed by atoms with Gasteiger partial charge in [-0.1, -0.05) is 0 Å². The number of hydrogen-bond acceptors (Lipinski definition) is 5. The molecule has 3 aromatic heterocycles. The van der Waals surface area contributed by atoms with Crippen LogP contribution in [-0.2, 0) is 19.5 Å². The lowest BCUT2D eigenvalue weighted by Gasteiger charge is -2.17. The number of nitrogen functional groups attached to an aromatic ring is 1. The van der Waals surface area contributed by atoms with Crippen LogP contribution in [0.2, 0.25) is 0 Å². The lowest BCUT2D eigenvalue weighted by Crippen LogP contribution is -2.30. The molecule has 0 aromatic carbocycles. The molecule has 0 bridgehead atoms. The van der Waals surface area contributed by atoms with E-state index in [-0.39, 0.29) is 11.8 Å². The van der Waals surface area contributed by atoms with Crippen molar-refractivity contribution in [2.24, 2.45) is 0 Å². The molecule has 29 heavy (non-hydrogen) atoms. The number of anilines is 2. The van der Waals surface area contributed by atoms with Gasteiger partial charge in [-0.15, -0.1) is 0 Å². The Balaban J connectivity index is 1.48. The Morgan fingerprint density at radius 1 is 1.21 bits per heavy atom. The maximum Gasteiger partial charge on any atom is 0.323 e. The van der Waals surface area contributed by atoms with Gasteiger partial charge in [-0.3, -0.25) is 15.3 Å². The maximum absolute atomic E-state index is 12.7. The van der Waals surface area contributed by atoms with E-state index in [4.69, 9.17) is 5.73 Å². The molecule has 1 aliphatic rings. The van der Waals surface area contributed by atoms with Crippen molar-refractivity contribution in [2.75, 3.05) is 11.1 Å². The van der Waals surface area contributed by atoms with E-state index in [0.717, 1.165) is 16.7 Å². The second kappa shape index (κ2) is 7.78. The number of carbonyl (C=O) groups excluding carboxylic acids is 1. The first-order chi connectivity index (χ1) is 14.0. The Bertz CT molecular complexity index is 1040. The van der Waals surface area contributed by atoms with E-state index in [0.29, 0.717) is 30.2 Å². The molecule has 0 radical (unpaired) electrons. The van der Waals surface area contributed by atoms with E-state index < -0.39 is 12.8 Å². The number of urea groups is 1. The molecule has 7 nitrogen and oxygen atoms in total. The van der Waals surface area contributed by atoms with Crippen LogP contribution in [0, 0.1) is 0 Å². The standard InChI is InChI=1S/C20H18F2N6O/c21-18(22)7-15-6-13-10-28(11-14(13)9-25-15)20(29)27-19-16(23)3-4-17(26-19)12-2-1-5-24-8-12/h1-6,8-9,18H,7,10-11,23H2,(H,26,27,29). The van der Waals surface area contributed by atoms with E-state index >= 15 is 0 Å². The fourth-order valence-electron chi connectivity index (χ4n) is 3.17. The van der Waals surface area contributed by atoms with Gasteiger partial charge in [-0.2, -0.15) is 0 Å². The Labute approximate surface area is 165 Å². The average Bonchev–Trinajstić information content (AvgIpc) is 3.13. The molecule has 0 saturated heterocycles. The Morgan fingerprint density at radius 2 is 2.03 bits per heavy atom. The van der Waals surface area contributed by atoms with Crippen molar-refractivity contribution in [1.29, 1.82) is 0 Å². The van der Waals surface area contributed by atoms with E-state index in [2.05, 4.69) is 20.3 Å². The number of nitrogens with zero attached hydrogens (tertiary/aromatic N) is 4. The molecule has 0 unspecified atom stereocenters. The predicted molar refractivity (Wildman–Crippen MR) is 104 cm³/mol. The highest BCUT2D eigenvalue weighted by Crippen LogP contribution is 2.26. The zero-order valence-electron chi connectivity index (χ0n) is 15.3. The van der Waals surface area contributed by atoms with Crippen molar-refractivity contribution in [1.82, 2.24) is 19.9 Å². The first kappa shape index (κ1) is 18.7. The molecule has 3 aromatic rings. The number of alkyl halides is 2. The molecule has 9 heteroatoms. The molecule has 1 aliphatic heterocycles. The number of fused-ring (bicyclic) bond motifs is 1. The van der Waals surface area contributed by atoms with Crippen molar-refractivity contribution in [3.63, 3.8) is 0 Å². The fourth-order valence-corrected chi connectivity index (χ4v) is 3.17. The van der Waals surface area contributed by atoms with Crippen LogP contribution in [0.3, 0.4) is 0 Å². The van der Waals surface area contributed by atoms with Gasteiger partial charge in [0.25, 0.3) is 0 Å². The monoisotopic (exact) mass is 396 g/mol. The first-order valence-corrected chi connectivity index (χ1v) is 8.97. The molecule has 4 rings (SSSR count). The number of aromatic nitrogens is 3. The molecule has 0 atom stereocenters. The van der Waals surface area contributed by atoms with Crippen LogP contribution in [0.1, 0.15) is 16.8 Å². The summed E-state index contributed by atoms with van der Waals surface area (Å²) in [5.41, 5.74) is 9.71. The SMILES string of the molecule is Nc1ccc(-c2cccnc2)nc1NC(=O)N1Cc2cnc(CC(F)F)cc2C1. The number of hydrogen-bond donors (Lipinski definition) is 2. The molecule has 0 spiro atoms. The van der Waals surface area contributed by atoms with Crippen LogP contribution < -0.4 is 11.1 Å². The van der Waals surface area contributed by atoms with Gasteiger partial charge >= 0.3 is 6.03 Å². The third-order valence-electron chi connectivity index (χ3n) is 4.62. The lowest BCUT2D eigenvalue weighted by molar-refractivity contribution is 0.148. The molecule has 148 valence electrons. The van der Waals surface area contributed by atoms with Gasteiger partial charge in [-0.05, 0) is 41.5 Å². The summed E-state index contributed by atoms with van der Waals surface area (Å²) in [4.78, 5) is 26.8. The number of nitrogens with one attached hydrogen (secondary N) is 1. The molecular formula is C20H18F2N6O. The van der Waals surface area contributed by atoms with Gasteiger partial charge in [0.1, 0.15) is 0 Å². The lowest BCUT2D eigenvalue weighted by atomic mass is 10.1. The second-order valence-corrected chi connectivity index (χ2v) is 6.70. The van der Waals surface area contributed by atoms with E-state index in [1.807, 2.05) is 6.07 Å². The topological polar surface area (TPSA) is 97.0 Å². The normalized spacial score (nSPS) is 12.9. The first-order valence-electron chi connectivity index (χ1n) is 8.97. The van der Waals surface area contributed by atoms with Gasteiger partial charge in [-0.25, -0.2) is 18.6 Å². The van der Waals surface area contributed by atoms with Crippen molar-refractivity contribution < 1.29 is 13.6 Å². The summed E-state index contributed by atoms with van der Waals surface area (Å²) < 4.78 is 25.2. The average molecular weight is 396 g/mol. The van der Waals surface area contributed by atoms with Crippen molar-refractivity contribution in [3.05, 3.63) is 65.7 Å². The summed E-state index contributed by atoms with van der Waals surface area (Å²) in [6, 6.07) is 8.33. The van der Waals surface area contributed by atoms with Gasteiger partial charge < -0.3 is 10.6 Å². The van der Waals surface area contributed by atoms with Gasteiger partial charge in [0.2, 0.25) is 6.43 Å². The van der Waals surface area contributed by atoms with Crippen LogP contribution in [0.15, 0.2) is 48.9 Å². The van der Waals surface area contributed by atoms with Crippen molar-refractivity contribution >= 4 is 17.5 Å². The van der Waals surface area contributed by atoms with E-state index in [1.54, 1.807) is 47.8 Å². The number of nitrogens with two attached hydrogens (primary N) is 1. The number of pyridine rings is 3. The minimum Gasteiger partial charge on any atom is -0.396 e. The van der Waals surface area contributed by atoms with Gasteiger partial charge in [0.15, 0.2) is 5.82 Å². The summed E-state index contributed by atoms with van der Waals surface area (Å²) in [6.07, 6.45) is 2.03. The minimum atomic E-state index is -2.46. The molecule has 3 N–H and O–H groups in total. The second-order valence-electron chi connectivity index (χ2n) is 6.70. The van der Waals surface area contributed by atoms with Crippen LogP contribution >= 0.6 is 0 Å². The summed E-state index contributed by atoms with van der Waals surface area (Å²) in [6.45, 7) is 0.646. The Morgan fingerprint density at radius 3 is 2.79 bits per heavy atom. The third kappa shape index (κ3) is 4.13. The number of rotatable bonds is 4. The molecule has 0 saturated carbocycles. The molecule has 2 amide bonds. The zero-order valence-corrected chi connectivity index (χ0v) is 15.3. The molecule has 4 heterocycles. The highest BCUT2D eigenvalue weighted by molar-refractivity contribution is 5.92. The van der Waals surface area contributed by atoms with Crippen LogP contribution in [0.25, 0.3) is 11.3 Å². The summed E-state index contributed by atoms with van der Waals surface area (Å²) >= 11 is 0. The Hall–Kier alpha value is -3.62. The largest absolute Gasteiger partial charge is 0.396 e. The minimum absolute atomic E-state index is 0.254. The third-order valence-corrected chi connectivity index (χ3v) is 4.62. The maximum atomic E-state index is 12.7. The van der Waals surface area contributed by atoms with Gasteiger partial charge in [0, 0.05) is 42.9 Å². The van der Waals surface area contributed by atoms with E-state index in [9.17, 15) is 13.6 Å². The summed E-state index contributed by atoms with van der Waals surface area (Å²) in [5.74, 6) is 0.254. The number of halogens is 2. The summed E-state index contributed by atoms with van der Waals surface area (Å²) in [7, 11) is 0. The summed E-state index contributed by atoms with van der Waals surface area (Å²) in [5, 5.41) is 2.73. The molecule has 0 fully saturated rings. The van der Waals surface area contributed by atoms with Crippen LogP contribution in [-0.4, -0.2) is 32.3 Å². The van der Waals surface area contributed by atoms with Crippen molar-refractivity contribution in [3.8, 4) is 11.3 Å². The Kier molecular flexibility index (Phi) is 5.03. The fraction of sp³-hybridized carbons (Fsp3) is 0.200. The quantitative estimate of drug-likeness (QED) is 0.704. The number of carbonyl (C=O) groups is 1. The number of amides is 2. The highest BCUT2D eigenvalue weighted by atomic mass is 19.3. The molecular weight excluding hydrogens is 378 g/mol. The predicted octanol–water partition coefficient (Wildman–Crippen LogP) is 3.48. The zero-order chi connectivity index (χ0) is 20.4. The van der Waals surface area contributed by atoms with Crippen molar-refractivity contribution in [2.45, 2.75) is 25.9 Å². The van der Waals surface area contributed by atoms with Crippen LogP contribution in [0.5, 0.6) is 0 Å². The van der Waals surface area contributed by atoms with E-state index in [1.165, 1.54) is 0 Å². The highest BCUT2D eigenvalue weighted by Gasteiger charge is 2.25. The molecule has 0 aliphatic carbocycles.